The molecular formula is C31H28N3O3S2+. The van der Waals surface area contributed by atoms with Crippen LogP contribution in [0, 0.1) is 6.92 Å². The summed E-state index contributed by atoms with van der Waals surface area (Å²) in [7, 11) is 0. The molecule has 39 heavy (non-hydrogen) atoms. The first-order valence-corrected chi connectivity index (χ1v) is 15.0. The largest absolute Gasteiger partial charge is 0.454 e. The molecule has 2 aliphatic heterocycles. The zero-order valence-corrected chi connectivity index (χ0v) is 23.2. The predicted molar refractivity (Wildman–Crippen MR) is 155 cm³/mol. The summed E-state index contributed by atoms with van der Waals surface area (Å²) in [5.74, 6) is 2.20. The first-order valence-electron chi connectivity index (χ1n) is 13.2. The van der Waals surface area contributed by atoms with Gasteiger partial charge in [0.05, 0.1) is 22.5 Å². The van der Waals surface area contributed by atoms with Gasteiger partial charge in [0.2, 0.25) is 6.79 Å². The summed E-state index contributed by atoms with van der Waals surface area (Å²) < 4.78 is 12.8. The number of thioether (sulfide) groups is 1. The van der Waals surface area contributed by atoms with Crippen LogP contribution in [0.2, 0.25) is 0 Å². The second-order valence-electron chi connectivity index (χ2n) is 10.1. The molecule has 3 aromatic carbocycles. The molecule has 2 aliphatic rings. The van der Waals surface area contributed by atoms with Crippen molar-refractivity contribution in [1.29, 1.82) is 0 Å². The number of nitrogens with zero attached hydrogens (tertiary/aromatic N) is 2. The van der Waals surface area contributed by atoms with Crippen LogP contribution in [0.25, 0.3) is 15.9 Å². The maximum absolute atomic E-state index is 14.2. The van der Waals surface area contributed by atoms with Gasteiger partial charge in [0, 0.05) is 17.7 Å². The van der Waals surface area contributed by atoms with E-state index in [2.05, 4.69) is 49.4 Å². The topological polar surface area (TPSA) is 57.8 Å². The molecule has 5 aromatic rings. The summed E-state index contributed by atoms with van der Waals surface area (Å²) in [4.78, 5) is 23.0. The molecule has 0 aliphatic carbocycles. The van der Waals surface area contributed by atoms with Crippen molar-refractivity contribution >= 4 is 33.3 Å². The summed E-state index contributed by atoms with van der Waals surface area (Å²) in [6.45, 7) is 5.24. The lowest BCUT2D eigenvalue weighted by molar-refractivity contribution is -0.929. The Hall–Kier alpha value is -3.59. The van der Waals surface area contributed by atoms with Crippen molar-refractivity contribution in [3.8, 4) is 17.2 Å². The van der Waals surface area contributed by atoms with E-state index in [1.807, 2.05) is 34.9 Å². The molecule has 4 heterocycles. The molecule has 0 fully saturated rings. The molecule has 2 aromatic heterocycles. The van der Waals surface area contributed by atoms with Crippen LogP contribution < -0.4 is 19.9 Å². The lowest BCUT2D eigenvalue weighted by atomic mass is 10.0. The van der Waals surface area contributed by atoms with Gasteiger partial charge in [0.25, 0.3) is 5.56 Å². The Bertz CT molecular complexity index is 1750. The van der Waals surface area contributed by atoms with E-state index in [0.717, 1.165) is 64.6 Å². The highest BCUT2D eigenvalue weighted by molar-refractivity contribution is 7.98. The van der Waals surface area contributed by atoms with E-state index in [-0.39, 0.29) is 12.4 Å². The van der Waals surface area contributed by atoms with Crippen molar-refractivity contribution in [1.82, 2.24) is 9.55 Å². The lowest BCUT2D eigenvalue weighted by Crippen LogP contribution is -3.10. The van der Waals surface area contributed by atoms with Gasteiger partial charge in [-0.3, -0.25) is 9.36 Å². The third-order valence-electron chi connectivity index (χ3n) is 7.38. The van der Waals surface area contributed by atoms with Crippen molar-refractivity contribution in [2.45, 2.75) is 37.3 Å². The number of hydrogen-bond donors (Lipinski definition) is 1. The summed E-state index contributed by atoms with van der Waals surface area (Å²) >= 11 is 3.27. The van der Waals surface area contributed by atoms with E-state index in [4.69, 9.17) is 14.5 Å². The normalized spacial score (nSPS) is 16.0. The number of ether oxygens (including phenoxy) is 2. The highest BCUT2D eigenvalue weighted by Gasteiger charge is 2.28. The van der Waals surface area contributed by atoms with Crippen molar-refractivity contribution in [2.75, 3.05) is 13.3 Å². The smallest absolute Gasteiger partial charge is 0.267 e. The number of thiophene rings is 1. The maximum Gasteiger partial charge on any atom is 0.267 e. The number of fused-ring (bicyclic) bond motifs is 4. The van der Waals surface area contributed by atoms with Gasteiger partial charge in [-0.15, -0.1) is 11.3 Å². The number of aryl methyl sites for hydroxylation is 1. The zero-order valence-electron chi connectivity index (χ0n) is 21.6. The summed E-state index contributed by atoms with van der Waals surface area (Å²) in [5, 5.41) is 1.51. The molecule has 0 spiro atoms. The second kappa shape index (κ2) is 10.2. The maximum atomic E-state index is 14.2. The second-order valence-corrected chi connectivity index (χ2v) is 12.1. The van der Waals surface area contributed by atoms with Gasteiger partial charge in [-0.05, 0) is 47.9 Å². The lowest BCUT2D eigenvalue weighted by Gasteiger charge is -2.24. The minimum Gasteiger partial charge on any atom is -0.454 e. The van der Waals surface area contributed by atoms with E-state index in [1.165, 1.54) is 20.9 Å². The van der Waals surface area contributed by atoms with Crippen molar-refractivity contribution in [3.63, 3.8) is 0 Å². The Morgan fingerprint density at radius 1 is 1.00 bits per heavy atom. The molecular weight excluding hydrogens is 526 g/mol. The van der Waals surface area contributed by atoms with Crippen LogP contribution >= 0.6 is 23.1 Å². The Labute approximate surface area is 234 Å². The summed E-state index contributed by atoms with van der Waals surface area (Å²) in [5.41, 5.74) is 5.63. The van der Waals surface area contributed by atoms with Crippen molar-refractivity contribution in [2.24, 2.45) is 0 Å². The van der Waals surface area contributed by atoms with Crippen LogP contribution in [-0.2, 0) is 25.3 Å². The van der Waals surface area contributed by atoms with Gasteiger partial charge in [-0.2, -0.15) is 0 Å². The van der Waals surface area contributed by atoms with E-state index in [1.54, 1.807) is 23.1 Å². The van der Waals surface area contributed by atoms with E-state index in [0.29, 0.717) is 10.9 Å². The number of quaternary nitrogens is 1. The standard InChI is InChI=1S/C31H27N3O3S2/c1-20-6-5-9-23(14-20)34-30(35)28-24-12-13-33(16-21-7-3-2-4-8-21)17-27(24)39-29(28)32-31(34)38-18-22-10-11-25-26(15-22)37-19-36-25/h2-11,14-15H,12-13,16-19H2,1H3/p+1. The van der Waals surface area contributed by atoms with Gasteiger partial charge in [0.15, 0.2) is 16.7 Å². The number of hydrogen-bond acceptors (Lipinski definition) is 6. The van der Waals surface area contributed by atoms with Crippen LogP contribution in [0.1, 0.15) is 27.1 Å². The van der Waals surface area contributed by atoms with Gasteiger partial charge in [-0.25, -0.2) is 4.98 Å². The Morgan fingerprint density at radius 3 is 2.74 bits per heavy atom. The Balaban J connectivity index is 1.26. The predicted octanol–water partition coefficient (Wildman–Crippen LogP) is 4.92. The number of rotatable bonds is 6. The van der Waals surface area contributed by atoms with E-state index in [9.17, 15) is 4.79 Å². The van der Waals surface area contributed by atoms with Gasteiger partial charge < -0.3 is 14.4 Å². The molecule has 1 N–H and O–H groups in total. The van der Waals surface area contributed by atoms with Crippen LogP contribution in [0.3, 0.4) is 0 Å². The third kappa shape index (κ3) is 4.73. The molecule has 0 saturated heterocycles. The van der Waals surface area contributed by atoms with Crippen molar-refractivity contribution in [3.05, 3.63) is 110 Å². The summed E-state index contributed by atoms with van der Waals surface area (Å²) in [6, 6.07) is 24.8. The third-order valence-corrected chi connectivity index (χ3v) is 9.51. The SMILES string of the molecule is Cc1cccc(-n2c(SCc3ccc4c(c3)OCO4)nc3sc4c(c3c2=O)CC[NH+](Cc2ccccc2)C4)c1. The van der Waals surface area contributed by atoms with Crippen LogP contribution in [0.15, 0.2) is 82.7 Å². The molecule has 0 radical (unpaired) electrons. The minimum absolute atomic E-state index is 0.0304. The van der Waals surface area contributed by atoms with Crippen LogP contribution in [0.4, 0.5) is 0 Å². The number of nitrogens with one attached hydrogen (secondary N) is 1. The van der Waals surface area contributed by atoms with E-state index < -0.39 is 0 Å². The van der Waals surface area contributed by atoms with Gasteiger partial charge in [-0.1, -0.05) is 60.3 Å². The van der Waals surface area contributed by atoms with Gasteiger partial charge >= 0.3 is 0 Å². The first-order chi connectivity index (χ1) is 19.1. The highest BCUT2D eigenvalue weighted by Crippen LogP contribution is 2.36. The monoisotopic (exact) mass is 554 g/mol. The zero-order chi connectivity index (χ0) is 26.3. The average Bonchev–Trinajstić information content (AvgIpc) is 3.56. The molecule has 6 nitrogen and oxygen atoms in total. The van der Waals surface area contributed by atoms with Crippen LogP contribution in [0.5, 0.6) is 11.5 Å². The van der Waals surface area contributed by atoms with Gasteiger partial charge in [0.1, 0.15) is 17.9 Å². The van der Waals surface area contributed by atoms with Crippen LogP contribution in [-0.4, -0.2) is 22.9 Å². The van der Waals surface area contributed by atoms with E-state index >= 15 is 0 Å². The summed E-state index contributed by atoms with van der Waals surface area (Å²) in [6.07, 6.45) is 0.895. The average molecular weight is 555 g/mol. The fourth-order valence-electron chi connectivity index (χ4n) is 5.46. The molecule has 1 atom stereocenters. The van der Waals surface area contributed by atoms with Crippen molar-refractivity contribution < 1.29 is 14.4 Å². The first kappa shape index (κ1) is 24.5. The Morgan fingerprint density at radius 2 is 1.87 bits per heavy atom. The number of aromatic nitrogens is 2. The number of benzene rings is 3. The Kier molecular flexibility index (Phi) is 6.39. The molecule has 0 saturated carbocycles. The highest BCUT2D eigenvalue weighted by atomic mass is 32.2. The molecule has 8 heteroatoms. The minimum atomic E-state index is 0.0304. The molecule has 196 valence electrons. The quantitative estimate of drug-likeness (QED) is 0.239. The molecule has 0 amide bonds. The molecule has 1 unspecified atom stereocenters. The molecule has 7 rings (SSSR count). The fraction of sp³-hybridized carbons (Fsp3) is 0.226. The fourth-order valence-corrected chi connectivity index (χ4v) is 7.75. The molecule has 0 bridgehead atoms.